The van der Waals surface area contributed by atoms with Crippen molar-refractivity contribution < 1.29 is 393 Å². The minimum absolute atomic E-state index is 0. The Morgan fingerprint density at radius 3 is 1.21 bits per heavy atom. The third-order valence-corrected chi connectivity index (χ3v) is 4.50. The molecule has 12 heteroatoms. The predicted octanol–water partition coefficient (Wildman–Crippen LogP) is 6.94. The fourth-order valence-electron chi connectivity index (χ4n) is 3.54. The maximum absolute atomic E-state index is 4.13. The number of hydrogen-bond acceptors (Lipinski definition) is 0. The molecule has 2 saturated carbocycles. The van der Waals surface area contributed by atoms with Crippen LogP contribution < -0.4 is 0 Å². The summed E-state index contributed by atoms with van der Waals surface area (Å²) in [6.07, 6.45) is 14.0. The van der Waals surface area contributed by atoms with Crippen molar-refractivity contribution in [2.75, 3.05) is 0 Å². The summed E-state index contributed by atoms with van der Waals surface area (Å²) in [4.78, 5) is 0. The maximum atomic E-state index is 4.13. The Balaban J connectivity index is -0.0000000158. The van der Waals surface area contributed by atoms with E-state index in [9.17, 15) is 0 Å². The first-order valence-corrected chi connectivity index (χ1v) is 8.45. The van der Waals surface area contributed by atoms with Gasteiger partial charge < -0.3 is 26.2 Å². The molecular weight excluding hydrogens is 1320 g/mol. The predicted molar refractivity (Wildman–Crippen MR) is 97.5 cm³/mol. The van der Waals surface area contributed by atoms with Crippen LogP contribution in [-0.2, 0) is 393 Å². The van der Waals surface area contributed by atoms with E-state index in [2.05, 4.69) is 67.7 Å². The quantitative estimate of drug-likeness (QED) is 0.250. The van der Waals surface area contributed by atoms with Gasteiger partial charge in [-0.15, -0.1) is 6.42 Å². The van der Waals surface area contributed by atoms with Crippen molar-refractivity contribution in [1.82, 2.24) is 0 Å². The van der Waals surface area contributed by atoms with Gasteiger partial charge in [0, 0.05) is 393 Å². The van der Waals surface area contributed by atoms with Crippen LogP contribution in [-0.4, -0.2) is 0 Å². The standard InChI is InChI=1S/2C10H18.CH4.12Y/c1-8-6-5-7-9(8)10(2,3)4;1-10(2,3)8-9-6-4-5-7-9;;;;;;;;;;;;;/h6,8-9H,1,5,7H2,2-4H3;6,8-9H,4-5,7H2,1-3H3;1H4;;;;;;;;;;;;/q2*-2;;;;;;;;;;;;;. The Morgan fingerprint density at radius 2 is 1.03 bits per heavy atom. The average Bonchev–Trinajstić information content (AvgIpc) is 2.86. The van der Waals surface area contributed by atoms with E-state index in [4.69, 9.17) is 0 Å². The van der Waals surface area contributed by atoms with E-state index in [1.165, 1.54) is 32.1 Å². The second-order valence-electron chi connectivity index (χ2n) is 8.81. The molecule has 0 aromatic heterocycles. The zero-order valence-electron chi connectivity index (χ0n) is 21.6. The van der Waals surface area contributed by atoms with Gasteiger partial charge in [0.05, 0.1) is 0 Å². The molecule has 164 valence electrons. The fourth-order valence-corrected chi connectivity index (χ4v) is 3.54. The Hall–Kier alpha value is 13.2. The molecule has 0 N–H and O–H groups in total. The third-order valence-electron chi connectivity index (χ3n) is 4.50. The van der Waals surface area contributed by atoms with Gasteiger partial charge in [-0.3, -0.25) is 11.8 Å². The van der Waals surface area contributed by atoms with Crippen LogP contribution in [0.25, 0.3) is 0 Å². The Morgan fingerprint density at radius 1 is 0.636 bits per heavy atom. The summed E-state index contributed by atoms with van der Waals surface area (Å²) in [5.41, 5.74) is 0.866. The summed E-state index contributed by atoms with van der Waals surface area (Å²) in [7, 11) is 0. The van der Waals surface area contributed by atoms with Crippen LogP contribution in [0.3, 0.4) is 0 Å². The van der Waals surface area contributed by atoms with Gasteiger partial charge in [0.15, 0.2) is 0 Å². The number of hydrogen-bond donors (Lipinski definition) is 0. The summed E-state index contributed by atoms with van der Waals surface area (Å²) in [6, 6.07) is 0. The first-order chi connectivity index (χ1) is 9.09. The second-order valence-corrected chi connectivity index (χ2v) is 8.81. The Labute approximate surface area is 513 Å². The molecule has 3 unspecified atom stereocenters. The van der Waals surface area contributed by atoms with Crippen LogP contribution in [0.15, 0.2) is 0 Å². The van der Waals surface area contributed by atoms with E-state index in [0.717, 1.165) is 11.8 Å². The summed E-state index contributed by atoms with van der Waals surface area (Å²) in [5.74, 6) is 2.22. The van der Waals surface area contributed by atoms with Gasteiger partial charge in [0.25, 0.3) is 0 Å². The SMILES string of the molecule is C.CC(C)(C)[CH-]C1[CH-]CCC1.[CH2-]C1[CH-]CCC1C(C)(C)C.[Y].[Y].[Y].[Y].[Y].[Y].[Y].[Y].[Y].[Y].[Y].[Y]. The molecule has 0 nitrogen and oxygen atoms in total. The van der Waals surface area contributed by atoms with Crippen molar-refractivity contribution >= 4 is 0 Å². The monoisotopic (exact) mass is 1360 g/mol. The molecule has 0 aliphatic heterocycles. The van der Waals surface area contributed by atoms with Gasteiger partial charge in [-0.25, -0.2) is 0 Å². The molecule has 0 saturated heterocycles. The Bertz CT molecular complexity index is 288. The average molecular weight is 1360 g/mol. The van der Waals surface area contributed by atoms with E-state index in [-0.39, 0.29) is 400 Å². The van der Waals surface area contributed by atoms with Gasteiger partial charge in [0.1, 0.15) is 0 Å². The van der Waals surface area contributed by atoms with Crippen molar-refractivity contribution in [3.05, 3.63) is 26.2 Å². The van der Waals surface area contributed by atoms with Crippen molar-refractivity contribution in [2.45, 2.75) is 81.1 Å². The molecule has 0 aromatic carbocycles. The maximum Gasteiger partial charge on any atom is 0 e. The summed E-state index contributed by atoms with van der Waals surface area (Å²) >= 11 is 0. The first kappa shape index (κ1) is 85.7. The number of rotatable bonds is 1. The summed E-state index contributed by atoms with van der Waals surface area (Å²) in [6.45, 7) is 17.9. The zero-order valence-corrected chi connectivity index (χ0v) is 55.7. The molecule has 0 spiro atoms. The van der Waals surface area contributed by atoms with Crippen LogP contribution >= 0.6 is 0 Å². The summed E-state index contributed by atoms with van der Waals surface area (Å²) in [5, 5.41) is 0. The van der Waals surface area contributed by atoms with E-state index >= 15 is 0 Å². The van der Waals surface area contributed by atoms with Gasteiger partial charge >= 0.3 is 0 Å². The van der Waals surface area contributed by atoms with Gasteiger partial charge in [-0.05, 0) is 5.41 Å². The molecular formula is C21H40Y12-4. The van der Waals surface area contributed by atoms with E-state index in [1.807, 2.05) is 0 Å². The molecule has 2 aliphatic carbocycles. The zero-order chi connectivity index (χ0) is 15.4. The van der Waals surface area contributed by atoms with Gasteiger partial charge in [-0.1, -0.05) is 67.7 Å². The molecule has 2 aliphatic rings. The first-order valence-electron chi connectivity index (χ1n) is 8.45. The molecule has 0 heterocycles. The third kappa shape index (κ3) is 49.7. The van der Waals surface area contributed by atoms with Crippen LogP contribution in [0.2, 0.25) is 0 Å². The molecule has 33 heavy (non-hydrogen) atoms. The van der Waals surface area contributed by atoms with Crippen molar-refractivity contribution in [2.24, 2.45) is 28.6 Å². The summed E-state index contributed by atoms with van der Waals surface area (Å²) < 4.78 is 0. The molecule has 0 amide bonds. The van der Waals surface area contributed by atoms with Crippen molar-refractivity contribution in [3.63, 3.8) is 0 Å². The smallest absolute Gasteiger partial charge is 0 e. The van der Waals surface area contributed by atoms with E-state index in [1.54, 1.807) is 0 Å². The van der Waals surface area contributed by atoms with E-state index < -0.39 is 0 Å². The van der Waals surface area contributed by atoms with E-state index in [0.29, 0.717) is 16.7 Å². The van der Waals surface area contributed by atoms with Crippen LogP contribution in [0.1, 0.15) is 81.1 Å². The van der Waals surface area contributed by atoms with Crippen molar-refractivity contribution in [3.8, 4) is 0 Å². The van der Waals surface area contributed by atoms with Crippen LogP contribution in [0, 0.1) is 54.8 Å². The normalized spacial score (nSPS) is 18.8. The second kappa shape index (κ2) is 49.6. The van der Waals surface area contributed by atoms with Crippen LogP contribution in [0.5, 0.6) is 0 Å². The molecule has 2 rings (SSSR count). The molecule has 12 radical (unpaired) electrons. The van der Waals surface area contributed by atoms with Crippen molar-refractivity contribution in [1.29, 1.82) is 0 Å². The van der Waals surface area contributed by atoms with Gasteiger partial charge in [-0.2, -0.15) is 18.3 Å². The molecule has 3 atom stereocenters. The molecule has 0 bridgehead atoms. The van der Waals surface area contributed by atoms with Gasteiger partial charge in [0.2, 0.25) is 0 Å². The minimum Gasteiger partial charge on any atom is -0.369 e. The Kier molecular flexibility index (Phi) is 129. The fraction of sp³-hybridized carbons (Fsp3) is 0.810. The minimum atomic E-state index is 0. The molecule has 0 aromatic rings. The molecule has 2 fully saturated rings. The topological polar surface area (TPSA) is 0 Å². The van der Waals surface area contributed by atoms with Crippen LogP contribution in [0.4, 0.5) is 0 Å². The largest absolute Gasteiger partial charge is 0.369 e.